The zero-order valence-electron chi connectivity index (χ0n) is 13.3. The molecule has 7 heteroatoms. The molecule has 2 heterocycles. The summed E-state index contributed by atoms with van der Waals surface area (Å²) in [4.78, 5) is 9.08. The number of aromatic amines is 1. The van der Waals surface area contributed by atoms with E-state index in [4.69, 9.17) is 22.1 Å². The Kier molecular flexibility index (Phi) is 3.74. The van der Waals surface area contributed by atoms with Crippen molar-refractivity contribution in [1.29, 1.82) is 0 Å². The predicted molar refractivity (Wildman–Crippen MR) is 98.5 cm³/mol. The van der Waals surface area contributed by atoms with Gasteiger partial charge in [-0.1, -0.05) is 41.9 Å². The highest BCUT2D eigenvalue weighted by Gasteiger charge is 2.17. The van der Waals surface area contributed by atoms with E-state index in [0.717, 1.165) is 22.0 Å². The summed E-state index contributed by atoms with van der Waals surface area (Å²) in [7, 11) is 1.51. The number of methoxy groups -OCH3 is 1. The molecule has 3 N–H and O–H groups in total. The molecule has 0 aliphatic heterocycles. The third-order valence-electron chi connectivity index (χ3n) is 3.90. The third-order valence-corrected chi connectivity index (χ3v) is 4.20. The molecule has 0 saturated carbocycles. The second-order valence-corrected chi connectivity index (χ2v) is 5.88. The van der Waals surface area contributed by atoms with Crippen molar-refractivity contribution >= 4 is 28.3 Å². The van der Waals surface area contributed by atoms with Crippen molar-refractivity contribution < 1.29 is 4.74 Å². The molecule has 4 aromatic rings. The maximum absolute atomic E-state index is 6.38. The number of halogens is 1. The number of benzene rings is 2. The van der Waals surface area contributed by atoms with E-state index in [1.54, 1.807) is 6.20 Å². The fraction of sp³-hybridized carbons (Fsp3) is 0.0556. The SMILES string of the molecule is COc1nc(-c2cc(Cl)c3[nH]ncc3c2)c(-c2ccccc2)nc1N. The zero-order chi connectivity index (χ0) is 17.4. The van der Waals surface area contributed by atoms with Crippen LogP contribution in [0.5, 0.6) is 5.88 Å². The van der Waals surface area contributed by atoms with Crippen LogP contribution in [-0.4, -0.2) is 27.3 Å². The highest BCUT2D eigenvalue weighted by atomic mass is 35.5. The van der Waals surface area contributed by atoms with E-state index in [9.17, 15) is 0 Å². The van der Waals surface area contributed by atoms with E-state index < -0.39 is 0 Å². The number of rotatable bonds is 3. The fourth-order valence-corrected chi connectivity index (χ4v) is 3.00. The first-order valence-electron chi connectivity index (χ1n) is 7.57. The number of hydrogen-bond acceptors (Lipinski definition) is 5. The summed E-state index contributed by atoms with van der Waals surface area (Å²) in [6.45, 7) is 0. The van der Waals surface area contributed by atoms with Gasteiger partial charge in [0.05, 0.1) is 29.5 Å². The van der Waals surface area contributed by atoms with Crippen LogP contribution < -0.4 is 10.5 Å². The second kappa shape index (κ2) is 6.07. The average Bonchev–Trinajstić information content (AvgIpc) is 3.11. The number of hydrogen-bond donors (Lipinski definition) is 2. The Morgan fingerprint density at radius 1 is 1.04 bits per heavy atom. The summed E-state index contributed by atoms with van der Waals surface area (Å²) in [5.41, 5.74) is 9.78. The van der Waals surface area contributed by atoms with Gasteiger partial charge in [-0.05, 0) is 12.1 Å². The lowest BCUT2D eigenvalue weighted by molar-refractivity contribution is 0.399. The predicted octanol–water partition coefficient (Wildman–Crippen LogP) is 3.93. The number of anilines is 1. The number of nitrogens with zero attached hydrogens (tertiary/aromatic N) is 3. The van der Waals surface area contributed by atoms with Crippen molar-refractivity contribution in [2.45, 2.75) is 0 Å². The van der Waals surface area contributed by atoms with Gasteiger partial charge in [0.15, 0.2) is 5.82 Å². The molecule has 0 amide bonds. The van der Waals surface area contributed by atoms with Gasteiger partial charge in [0.25, 0.3) is 5.88 Å². The highest BCUT2D eigenvalue weighted by molar-refractivity contribution is 6.35. The van der Waals surface area contributed by atoms with Crippen molar-refractivity contribution in [3.63, 3.8) is 0 Å². The van der Waals surface area contributed by atoms with Gasteiger partial charge in [-0.2, -0.15) is 5.10 Å². The van der Waals surface area contributed by atoms with E-state index >= 15 is 0 Å². The Balaban J connectivity index is 2.01. The van der Waals surface area contributed by atoms with Crippen LogP contribution in [0.4, 0.5) is 5.82 Å². The van der Waals surface area contributed by atoms with Crippen LogP contribution in [0.25, 0.3) is 33.4 Å². The number of H-pyrrole nitrogens is 1. The Labute approximate surface area is 148 Å². The number of nitrogen functional groups attached to an aromatic ring is 1. The van der Waals surface area contributed by atoms with E-state index in [-0.39, 0.29) is 11.7 Å². The molecule has 25 heavy (non-hydrogen) atoms. The van der Waals surface area contributed by atoms with E-state index in [2.05, 4.69) is 20.2 Å². The first kappa shape index (κ1) is 15.4. The molecule has 0 fully saturated rings. The molecule has 2 aromatic carbocycles. The summed E-state index contributed by atoms with van der Waals surface area (Å²) < 4.78 is 5.25. The molecule has 6 nitrogen and oxygen atoms in total. The quantitative estimate of drug-likeness (QED) is 0.583. The van der Waals surface area contributed by atoms with Gasteiger partial charge in [-0.25, -0.2) is 9.97 Å². The number of fused-ring (bicyclic) bond motifs is 1. The van der Waals surface area contributed by atoms with Crippen LogP contribution in [0.15, 0.2) is 48.7 Å². The van der Waals surface area contributed by atoms with Crippen LogP contribution in [0.2, 0.25) is 5.02 Å². The minimum atomic E-state index is 0.237. The third kappa shape index (κ3) is 2.66. The lowest BCUT2D eigenvalue weighted by Crippen LogP contribution is -2.03. The molecule has 0 aliphatic carbocycles. The number of aromatic nitrogens is 4. The van der Waals surface area contributed by atoms with Crippen molar-refractivity contribution in [3.05, 3.63) is 53.7 Å². The second-order valence-electron chi connectivity index (χ2n) is 5.47. The van der Waals surface area contributed by atoms with Gasteiger partial charge in [0.1, 0.15) is 5.69 Å². The average molecular weight is 352 g/mol. The molecular weight excluding hydrogens is 338 g/mol. The van der Waals surface area contributed by atoms with Crippen LogP contribution in [0.1, 0.15) is 0 Å². The van der Waals surface area contributed by atoms with Crippen molar-refractivity contribution in [1.82, 2.24) is 20.2 Å². The molecule has 0 saturated heterocycles. The van der Waals surface area contributed by atoms with Crippen LogP contribution >= 0.6 is 11.6 Å². The van der Waals surface area contributed by atoms with E-state index in [0.29, 0.717) is 16.4 Å². The Hall–Kier alpha value is -3.12. The summed E-state index contributed by atoms with van der Waals surface area (Å²) in [5, 5.41) is 8.36. The highest BCUT2D eigenvalue weighted by Crippen LogP contribution is 2.36. The summed E-state index contributed by atoms with van der Waals surface area (Å²) >= 11 is 6.38. The number of nitrogens with one attached hydrogen (secondary N) is 1. The summed E-state index contributed by atoms with van der Waals surface area (Å²) in [5.74, 6) is 0.513. The minimum Gasteiger partial charge on any atom is -0.478 e. The van der Waals surface area contributed by atoms with Crippen LogP contribution in [0, 0.1) is 0 Å². The standard InChI is InChI=1S/C18H14ClN5O/c1-25-18-17(20)22-15(10-5-3-2-4-6-10)16(23-18)11-7-12-9-21-24-14(12)13(19)8-11/h2-9H,1H3,(H2,20,22)(H,21,24). The van der Waals surface area contributed by atoms with Crippen molar-refractivity contribution in [3.8, 4) is 28.4 Å². The van der Waals surface area contributed by atoms with Gasteiger partial charge in [-0.15, -0.1) is 0 Å². The van der Waals surface area contributed by atoms with Crippen LogP contribution in [0.3, 0.4) is 0 Å². The van der Waals surface area contributed by atoms with Crippen molar-refractivity contribution in [2.75, 3.05) is 12.8 Å². The molecule has 0 bridgehead atoms. The zero-order valence-corrected chi connectivity index (χ0v) is 14.1. The lowest BCUT2D eigenvalue weighted by Gasteiger charge is -2.12. The molecule has 0 aliphatic rings. The largest absolute Gasteiger partial charge is 0.478 e. The van der Waals surface area contributed by atoms with Gasteiger partial charge in [0.2, 0.25) is 0 Å². The molecule has 0 radical (unpaired) electrons. The molecule has 124 valence electrons. The van der Waals surface area contributed by atoms with E-state index in [1.807, 2.05) is 42.5 Å². The van der Waals surface area contributed by atoms with Gasteiger partial charge in [0, 0.05) is 16.5 Å². The monoisotopic (exact) mass is 351 g/mol. The molecule has 0 atom stereocenters. The van der Waals surface area contributed by atoms with E-state index in [1.165, 1.54) is 7.11 Å². The smallest absolute Gasteiger partial charge is 0.257 e. The number of ether oxygens (including phenoxy) is 1. The Bertz CT molecular complexity index is 1060. The molecule has 4 rings (SSSR count). The molecular formula is C18H14ClN5O. The van der Waals surface area contributed by atoms with Gasteiger partial charge in [-0.3, -0.25) is 5.10 Å². The topological polar surface area (TPSA) is 89.7 Å². The molecule has 2 aromatic heterocycles. The Morgan fingerprint density at radius 3 is 2.56 bits per heavy atom. The maximum Gasteiger partial charge on any atom is 0.257 e. The Morgan fingerprint density at radius 2 is 1.80 bits per heavy atom. The minimum absolute atomic E-state index is 0.237. The maximum atomic E-state index is 6.38. The molecule has 0 spiro atoms. The normalized spacial score (nSPS) is 11.0. The van der Waals surface area contributed by atoms with Crippen molar-refractivity contribution in [2.24, 2.45) is 0 Å². The summed E-state index contributed by atoms with van der Waals surface area (Å²) in [6.07, 6.45) is 1.72. The number of nitrogens with two attached hydrogens (primary N) is 1. The molecule has 0 unspecified atom stereocenters. The lowest BCUT2D eigenvalue weighted by atomic mass is 10.0. The first-order chi connectivity index (χ1) is 12.2. The summed E-state index contributed by atoms with van der Waals surface area (Å²) in [6, 6.07) is 13.5. The van der Waals surface area contributed by atoms with Gasteiger partial charge < -0.3 is 10.5 Å². The van der Waals surface area contributed by atoms with Crippen LogP contribution in [-0.2, 0) is 0 Å². The first-order valence-corrected chi connectivity index (χ1v) is 7.95. The fourth-order valence-electron chi connectivity index (χ4n) is 2.73. The van der Waals surface area contributed by atoms with Gasteiger partial charge >= 0.3 is 0 Å².